The fourth-order valence-electron chi connectivity index (χ4n) is 4.77. The van der Waals surface area contributed by atoms with Gasteiger partial charge >= 0.3 is 0 Å². The van der Waals surface area contributed by atoms with Crippen LogP contribution in [0.15, 0.2) is 85.1 Å². The van der Waals surface area contributed by atoms with E-state index in [9.17, 15) is 9.59 Å². The van der Waals surface area contributed by atoms with Crippen LogP contribution in [0, 0.1) is 6.92 Å². The summed E-state index contributed by atoms with van der Waals surface area (Å²) in [5, 5.41) is 2.96. The number of aryl methyl sites for hydroxylation is 1. The van der Waals surface area contributed by atoms with E-state index in [1.165, 1.54) is 0 Å². The third-order valence-electron chi connectivity index (χ3n) is 6.80. The Morgan fingerprint density at radius 3 is 2.60 bits per heavy atom. The lowest BCUT2D eigenvalue weighted by atomic mass is 10.1. The molecule has 0 saturated carbocycles. The molecule has 1 fully saturated rings. The number of carbonyl (C=O) groups is 2. The number of nitrogens with zero attached hydrogens (tertiary/aromatic N) is 3. The first-order valence-corrected chi connectivity index (χ1v) is 13.7. The van der Waals surface area contributed by atoms with E-state index in [-0.39, 0.29) is 24.5 Å². The highest BCUT2D eigenvalue weighted by atomic mass is 16.5. The lowest BCUT2D eigenvalue weighted by Crippen LogP contribution is -2.42. The molecule has 5 rings (SSSR count). The molecule has 40 heavy (non-hydrogen) atoms. The highest BCUT2D eigenvalue weighted by molar-refractivity contribution is 5.99. The Balaban J connectivity index is 1.42. The summed E-state index contributed by atoms with van der Waals surface area (Å²) in [4.78, 5) is 33.2. The maximum absolute atomic E-state index is 13.5. The van der Waals surface area contributed by atoms with E-state index in [4.69, 9.17) is 14.5 Å². The lowest BCUT2D eigenvalue weighted by Gasteiger charge is -2.25. The predicted octanol–water partition coefficient (Wildman–Crippen LogP) is 5.51. The first kappa shape index (κ1) is 27.1. The zero-order chi connectivity index (χ0) is 27.9. The molecule has 2 heterocycles. The molecule has 1 aromatic heterocycles. The molecular formula is C32H34N4O4. The minimum absolute atomic E-state index is 0.0878. The van der Waals surface area contributed by atoms with Crippen molar-refractivity contribution < 1.29 is 19.1 Å². The molecule has 2 amide bonds. The van der Waals surface area contributed by atoms with Gasteiger partial charge in [-0.05, 0) is 51.0 Å². The SMILES string of the molecule is CCOc1cccc(-n2cc(-c3ccccc3)nc2NC(=O)CN(CC2CCCO2)C(=O)c2ccc(C)cc2)c1. The molecular weight excluding hydrogens is 504 g/mol. The molecule has 1 unspecified atom stereocenters. The van der Waals surface area contributed by atoms with Crippen LogP contribution in [0.3, 0.4) is 0 Å². The van der Waals surface area contributed by atoms with Crippen molar-refractivity contribution in [2.45, 2.75) is 32.8 Å². The molecule has 1 aliphatic rings. The van der Waals surface area contributed by atoms with Crippen molar-refractivity contribution in [3.63, 3.8) is 0 Å². The summed E-state index contributed by atoms with van der Waals surface area (Å²) < 4.78 is 13.3. The van der Waals surface area contributed by atoms with Crippen LogP contribution in [0.25, 0.3) is 16.9 Å². The first-order valence-electron chi connectivity index (χ1n) is 13.7. The number of benzene rings is 3. The number of rotatable bonds is 10. The second-order valence-corrected chi connectivity index (χ2v) is 9.85. The summed E-state index contributed by atoms with van der Waals surface area (Å²) in [6.07, 6.45) is 3.61. The topological polar surface area (TPSA) is 85.7 Å². The number of amides is 2. The van der Waals surface area contributed by atoms with Gasteiger partial charge in [0.15, 0.2) is 0 Å². The standard InChI is InChI=1S/C32H34N4O4/c1-3-39-27-12-7-11-26(19-27)36-21-29(24-9-5-4-6-10-24)33-32(36)34-30(37)22-35(20-28-13-8-18-40-28)31(38)25-16-14-23(2)15-17-25/h4-7,9-12,14-17,19,21,28H,3,8,13,18,20,22H2,1-2H3,(H,33,34,37). The van der Waals surface area contributed by atoms with E-state index in [0.29, 0.717) is 37.0 Å². The van der Waals surface area contributed by atoms with Gasteiger partial charge in [-0.2, -0.15) is 0 Å². The van der Waals surface area contributed by atoms with Crippen molar-refractivity contribution in [3.05, 3.63) is 96.2 Å². The molecule has 0 spiro atoms. The number of nitrogens with one attached hydrogen (secondary N) is 1. The monoisotopic (exact) mass is 538 g/mol. The van der Waals surface area contributed by atoms with Crippen LogP contribution < -0.4 is 10.1 Å². The Labute approximate surface area is 234 Å². The number of hydrogen-bond donors (Lipinski definition) is 1. The highest BCUT2D eigenvalue weighted by Crippen LogP contribution is 2.26. The third-order valence-corrected chi connectivity index (χ3v) is 6.80. The lowest BCUT2D eigenvalue weighted by molar-refractivity contribution is -0.117. The molecule has 0 bridgehead atoms. The summed E-state index contributed by atoms with van der Waals surface area (Å²) in [5.41, 5.74) is 4.03. The summed E-state index contributed by atoms with van der Waals surface area (Å²) >= 11 is 0. The van der Waals surface area contributed by atoms with Gasteiger partial charge in [0.1, 0.15) is 12.3 Å². The fraction of sp³-hybridized carbons (Fsp3) is 0.281. The molecule has 4 aromatic rings. The smallest absolute Gasteiger partial charge is 0.254 e. The summed E-state index contributed by atoms with van der Waals surface area (Å²) in [6.45, 7) is 5.34. The van der Waals surface area contributed by atoms with Gasteiger partial charge in [0.25, 0.3) is 5.91 Å². The Morgan fingerprint density at radius 2 is 1.88 bits per heavy atom. The number of ether oxygens (including phenoxy) is 2. The van der Waals surface area contributed by atoms with Crippen molar-refractivity contribution in [3.8, 4) is 22.7 Å². The van der Waals surface area contributed by atoms with Crippen molar-refractivity contribution >= 4 is 17.8 Å². The summed E-state index contributed by atoms with van der Waals surface area (Å²) in [6, 6.07) is 24.8. The molecule has 8 heteroatoms. The van der Waals surface area contributed by atoms with Crippen LogP contribution in [0.4, 0.5) is 5.95 Å². The Bertz CT molecular complexity index is 1440. The minimum atomic E-state index is -0.342. The van der Waals surface area contributed by atoms with Gasteiger partial charge in [0.2, 0.25) is 11.9 Å². The molecule has 1 saturated heterocycles. The number of aromatic nitrogens is 2. The van der Waals surface area contributed by atoms with E-state index in [2.05, 4.69) is 5.32 Å². The number of imidazole rings is 1. The fourth-order valence-corrected chi connectivity index (χ4v) is 4.77. The van der Waals surface area contributed by atoms with E-state index >= 15 is 0 Å². The van der Waals surface area contributed by atoms with Gasteiger partial charge in [0.05, 0.1) is 24.1 Å². The zero-order valence-corrected chi connectivity index (χ0v) is 22.9. The molecule has 8 nitrogen and oxygen atoms in total. The van der Waals surface area contributed by atoms with Crippen LogP contribution >= 0.6 is 0 Å². The Morgan fingerprint density at radius 1 is 1.07 bits per heavy atom. The van der Waals surface area contributed by atoms with Gasteiger partial charge in [-0.15, -0.1) is 0 Å². The third kappa shape index (κ3) is 6.58. The second-order valence-electron chi connectivity index (χ2n) is 9.85. The van der Waals surface area contributed by atoms with E-state index in [1.807, 2.05) is 91.3 Å². The van der Waals surface area contributed by atoms with Crippen molar-refractivity contribution in [1.29, 1.82) is 0 Å². The van der Waals surface area contributed by atoms with Crippen LogP contribution in [-0.2, 0) is 9.53 Å². The first-order chi connectivity index (χ1) is 19.5. The van der Waals surface area contributed by atoms with E-state index < -0.39 is 0 Å². The minimum Gasteiger partial charge on any atom is -0.494 e. The molecule has 1 N–H and O–H groups in total. The second kappa shape index (κ2) is 12.6. The maximum atomic E-state index is 13.5. The molecule has 0 aliphatic carbocycles. The average Bonchev–Trinajstić information content (AvgIpc) is 3.64. The van der Waals surface area contributed by atoms with Crippen molar-refractivity contribution in [2.75, 3.05) is 31.6 Å². The van der Waals surface area contributed by atoms with Crippen molar-refractivity contribution in [2.24, 2.45) is 0 Å². The van der Waals surface area contributed by atoms with Crippen LogP contribution in [0.2, 0.25) is 0 Å². The van der Waals surface area contributed by atoms with Gasteiger partial charge in [-0.3, -0.25) is 19.5 Å². The van der Waals surface area contributed by atoms with Crippen molar-refractivity contribution in [1.82, 2.24) is 14.5 Å². The van der Waals surface area contributed by atoms with Crippen LogP contribution in [0.5, 0.6) is 5.75 Å². The zero-order valence-electron chi connectivity index (χ0n) is 22.9. The Kier molecular flexibility index (Phi) is 8.56. The average molecular weight is 539 g/mol. The molecule has 3 aromatic carbocycles. The number of carbonyl (C=O) groups excluding carboxylic acids is 2. The van der Waals surface area contributed by atoms with Gasteiger partial charge in [0, 0.05) is 36.5 Å². The quantitative estimate of drug-likeness (QED) is 0.288. The largest absolute Gasteiger partial charge is 0.494 e. The Hall–Kier alpha value is -4.43. The van der Waals surface area contributed by atoms with Gasteiger partial charge in [-0.25, -0.2) is 4.98 Å². The maximum Gasteiger partial charge on any atom is 0.254 e. The van der Waals surface area contributed by atoms with Gasteiger partial charge in [-0.1, -0.05) is 54.1 Å². The van der Waals surface area contributed by atoms with E-state index in [0.717, 1.165) is 35.4 Å². The predicted molar refractivity (Wildman–Crippen MR) is 155 cm³/mol. The van der Waals surface area contributed by atoms with Gasteiger partial charge < -0.3 is 14.4 Å². The number of hydrogen-bond acceptors (Lipinski definition) is 5. The summed E-state index contributed by atoms with van der Waals surface area (Å²) in [7, 11) is 0. The molecule has 0 radical (unpaired) electrons. The summed E-state index contributed by atoms with van der Waals surface area (Å²) in [5.74, 6) is 0.533. The number of anilines is 1. The van der Waals surface area contributed by atoms with Crippen LogP contribution in [-0.4, -0.2) is 58.7 Å². The van der Waals surface area contributed by atoms with Crippen LogP contribution in [0.1, 0.15) is 35.7 Å². The van der Waals surface area contributed by atoms with E-state index in [1.54, 1.807) is 17.0 Å². The normalized spacial score (nSPS) is 14.6. The molecule has 206 valence electrons. The molecule has 1 atom stereocenters. The molecule has 1 aliphatic heterocycles. The highest BCUT2D eigenvalue weighted by Gasteiger charge is 2.26.